The van der Waals surface area contributed by atoms with Crippen molar-refractivity contribution in [3.63, 3.8) is 0 Å². The van der Waals surface area contributed by atoms with Gasteiger partial charge in [0.05, 0.1) is 26.6 Å². The van der Waals surface area contributed by atoms with Crippen molar-refractivity contribution in [2.24, 2.45) is 29.1 Å². The Balaban J connectivity index is 1.52. The highest BCUT2D eigenvalue weighted by molar-refractivity contribution is 5.96. The predicted molar refractivity (Wildman–Crippen MR) is 96.9 cm³/mol. The lowest BCUT2D eigenvalue weighted by Gasteiger charge is -2.61. The van der Waals surface area contributed by atoms with Gasteiger partial charge in [0, 0.05) is 30.1 Å². The number of ether oxygens (including phenoxy) is 2. The molecule has 0 aromatic rings. The standard InChI is InChI=1S/C22H26NO4/c1-23(21(25)12-3-4-12)10-9-22-14-6-7-16(24)20(22)27-19-17(26-2)8-5-13(18(19)22)11-15(14)23/h5-8,12-15,18,20H,3-4,9-11H2,1-2H3/q+1/t13?,14-,15+,18?,20-,22-,23?/m0/s1. The molecule has 2 saturated carbocycles. The van der Waals surface area contributed by atoms with Crippen LogP contribution in [0.5, 0.6) is 0 Å². The van der Waals surface area contributed by atoms with E-state index in [4.69, 9.17) is 9.47 Å². The number of carbonyl (C=O) groups excluding carboxylic acids is 2. The van der Waals surface area contributed by atoms with Crippen molar-refractivity contribution < 1.29 is 23.5 Å². The van der Waals surface area contributed by atoms with Crippen LogP contribution in [0.25, 0.3) is 0 Å². The molecule has 5 heteroatoms. The van der Waals surface area contributed by atoms with E-state index in [0.29, 0.717) is 16.3 Å². The van der Waals surface area contributed by atoms with Crippen LogP contribution in [-0.2, 0) is 19.1 Å². The number of methoxy groups -OCH3 is 1. The Morgan fingerprint density at radius 3 is 2.85 bits per heavy atom. The molecule has 0 aromatic heterocycles. The first kappa shape index (κ1) is 16.1. The van der Waals surface area contributed by atoms with Crippen molar-refractivity contribution in [2.45, 2.75) is 37.8 Å². The Labute approximate surface area is 159 Å². The van der Waals surface area contributed by atoms with Gasteiger partial charge in [-0.25, -0.2) is 4.79 Å². The van der Waals surface area contributed by atoms with E-state index in [2.05, 4.69) is 19.2 Å². The molecule has 7 atom stereocenters. The maximum Gasteiger partial charge on any atom is 0.316 e. The molecule has 2 heterocycles. The van der Waals surface area contributed by atoms with E-state index in [9.17, 15) is 9.59 Å². The van der Waals surface area contributed by atoms with Gasteiger partial charge in [-0.1, -0.05) is 12.2 Å². The highest BCUT2D eigenvalue weighted by Crippen LogP contribution is 2.67. The number of hydrogen-bond donors (Lipinski definition) is 0. The lowest BCUT2D eigenvalue weighted by molar-refractivity contribution is -0.877. The fourth-order valence-corrected chi connectivity index (χ4v) is 7.04. The molecule has 5 nitrogen and oxygen atoms in total. The van der Waals surface area contributed by atoms with Crippen LogP contribution in [0.4, 0.5) is 0 Å². The number of nitrogens with zero attached hydrogens (tertiary/aromatic N) is 1. The first-order valence-electron chi connectivity index (χ1n) is 10.3. The molecule has 142 valence electrons. The summed E-state index contributed by atoms with van der Waals surface area (Å²) in [4.78, 5) is 26.1. The number of allylic oxidation sites excluding steroid dienone is 3. The van der Waals surface area contributed by atoms with Crippen molar-refractivity contribution in [3.05, 3.63) is 35.8 Å². The zero-order valence-corrected chi connectivity index (χ0v) is 15.9. The first-order chi connectivity index (χ1) is 13.0. The van der Waals surface area contributed by atoms with Crippen LogP contribution in [0, 0.1) is 29.1 Å². The minimum absolute atomic E-state index is 0.0765. The molecular formula is C22H26NO4+. The van der Waals surface area contributed by atoms with Gasteiger partial charge >= 0.3 is 5.91 Å². The summed E-state index contributed by atoms with van der Waals surface area (Å²) >= 11 is 0. The summed E-state index contributed by atoms with van der Waals surface area (Å²) in [5.41, 5.74) is -0.217. The number of ketones is 1. The second-order valence-electron chi connectivity index (χ2n) is 9.49. The molecule has 0 N–H and O–H groups in total. The minimum Gasteiger partial charge on any atom is -0.493 e. The van der Waals surface area contributed by atoms with Crippen LogP contribution < -0.4 is 0 Å². The molecule has 0 aromatic carbocycles. The zero-order valence-electron chi connectivity index (χ0n) is 15.9. The molecule has 3 unspecified atom stereocenters. The number of quaternary nitrogens is 1. The molecule has 27 heavy (non-hydrogen) atoms. The number of hydrogen-bond acceptors (Lipinski definition) is 4. The fraction of sp³-hybridized carbons (Fsp3) is 0.636. The van der Waals surface area contributed by atoms with Crippen LogP contribution in [0.15, 0.2) is 35.8 Å². The van der Waals surface area contributed by atoms with Gasteiger partial charge in [-0.05, 0) is 30.9 Å². The summed E-state index contributed by atoms with van der Waals surface area (Å²) in [5, 5.41) is 0. The maximum absolute atomic E-state index is 13.3. The Bertz CT molecular complexity index is 852. The van der Waals surface area contributed by atoms with Crippen molar-refractivity contribution >= 4 is 11.7 Å². The topological polar surface area (TPSA) is 52.6 Å². The average molecular weight is 368 g/mol. The van der Waals surface area contributed by atoms with Crippen molar-refractivity contribution in [3.8, 4) is 0 Å². The highest BCUT2D eigenvalue weighted by Gasteiger charge is 2.74. The third kappa shape index (κ3) is 1.75. The van der Waals surface area contributed by atoms with E-state index in [1.54, 1.807) is 13.2 Å². The van der Waals surface area contributed by atoms with Gasteiger partial charge in [0.2, 0.25) is 0 Å². The van der Waals surface area contributed by atoms with E-state index in [1.807, 2.05) is 6.08 Å². The van der Waals surface area contributed by atoms with E-state index in [0.717, 1.165) is 43.7 Å². The second kappa shape index (κ2) is 4.93. The highest BCUT2D eigenvalue weighted by atomic mass is 16.5. The molecule has 4 fully saturated rings. The van der Waals surface area contributed by atoms with Gasteiger partial charge in [0.25, 0.3) is 0 Å². The molecule has 2 bridgehead atoms. The summed E-state index contributed by atoms with van der Waals surface area (Å²) in [6.07, 6.45) is 11.6. The Hall–Kier alpha value is -1.88. The van der Waals surface area contributed by atoms with E-state index in [-0.39, 0.29) is 35.0 Å². The summed E-state index contributed by atoms with van der Waals surface area (Å²) < 4.78 is 12.5. The van der Waals surface area contributed by atoms with Gasteiger partial charge in [-0.3, -0.25) is 9.28 Å². The number of rotatable bonds is 2. The van der Waals surface area contributed by atoms with Crippen molar-refractivity contribution in [2.75, 3.05) is 20.7 Å². The fourth-order valence-electron chi connectivity index (χ4n) is 7.04. The van der Waals surface area contributed by atoms with Gasteiger partial charge in [0.1, 0.15) is 11.8 Å². The molecule has 0 radical (unpaired) electrons. The lowest BCUT2D eigenvalue weighted by atomic mass is 9.47. The number of carbonyl (C=O) groups is 2. The molecule has 2 saturated heterocycles. The first-order valence-corrected chi connectivity index (χ1v) is 10.3. The Morgan fingerprint density at radius 2 is 2.11 bits per heavy atom. The second-order valence-corrected chi connectivity index (χ2v) is 9.49. The number of piperidine rings is 1. The average Bonchev–Trinajstić information content (AvgIpc) is 3.45. The third-order valence-corrected chi connectivity index (χ3v) is 8.43. The zero-order chi connectivity index (χ0) is 18.6. The van der Waals surface area contributed by atoms with Gasteiger partial charge < -0.3 is 9.47 Å². The molecule has 2 aliphatic heterocycles. The van der Waals surface area contributed by atoms with E-state index < -0.39 is 6.10 Å². The lowest BCUT2D eigenvalue weighted by Crippen LogP contribution is -2.72. The van der Waals surface area contributed by atoms with Gasteiger partial charge in [-0.15, -0.1) is 0 Å². The SMILES string of the molecule is COC1=C2O[C@H]3C(=O)C=C[C@H]4[C@H]5CC(C=C1)C2[C@@]34CC[N+]5(C)C(=O)C1CC1. The van der Waals surface area contributed by atoms with Gasteiger partial charge in [-0.2, -0.15) is 0 Å². The number of likely N-dealkylation sites (tertiary alicyclic amines) is 1. The summed E-state index contributed by atoms with van der Waals surface area (Å²) in [6.45, 7) is 0.819. The van der Waals surface area contributed by atoms with Crippen LogP contribution in [0.1, 0.15) is 25.7 Å². The summed E-state index contributed by atoms with van der Waals surface area (Å²) in [7, 11) is 3.82. The molecule has 6 rings (SSSR count). The molecular weight excluding hydrogens is 342 g/mol. The smallest absolute Gasteiger partial charge is 0.316 e. The Kier molecular flexibility index (Phi) is 2.94. The van der Waals surface area contributed by atoms with Gasteiger partial charge in [0.15, 0.2) is 17.6 Å². The predicted octanol–water partition coefficient (Wildman–Crippen LogP) is 2.35. The summed E-state index contributed by atoms with van der Waals surface area (Å²) in [5.74, 6) is 3.11. The maximum atomic E-state index is 13.3. The minimum atomic E-state index is -0.423. The molecule has 6 aliphatic rings. The largest absolute Gasteiger partial charge is 0.493 e. The van der Waals surface area contributed by atoms with Crippen LogP contribution in [0.3, 0.4) is 0 Å². The normalized spacial score (nSPS) is 49.0. The molecule has 1 spiro atoms. The van der Waals surface area contributed by atoms with Crippen molar-refractivity contribution in [1.82, 2.24) is 0 Å². The quantitative estimate of drug-likeness (QED) is 0.702. The molecule has 1 amide bonds. The third-order valence-electron chi connectivity index (χ3n) is 8.43. The summed E-state index contributed by atoms with van der Waals surface area (Å²) in [6, 6.07) is 0.233. The Morgan fingerprint density at radius 1 is 1.30 bits per heavy atom. The van der Waals surface area contributed by atoms with Crippen LogP contribution in [-0.4, -0.2) is 49.0 Å². The molecule has 4 aliphatic carbocycles. The monoisotopic (exact) mass is 368 g/mol. The van der Waals surface area contributed by atoms with E-state index >= 15 is 0 Å². The number of amides is 1. The van der Waals surface area contributed by atoms with E-state index in [1.165, 1.54) is 0 Å². The van der Waals surface area contributed by atoms with Crippen LogP contribution in [0.2, 0.25) is 0 Å². The van der Waals surface area contributed by atoms with Crippen LogP contribution >= 0.6 is 0 Å². The van der Waals surface area contributed by atoms with Crippen molar-refractivity contribution in [1.29, 1.82) is 0 Å².